The number of nitrogens with zero attached hydrogens (tertiary/aromatic N) is 2. The lowest BCUT2D eigenvalue weighted by atomic mass is 9.71. The van der Waals surface area contributed by atoms with Crippen molar-refractivity contribution in [2.24, 2.45) is 0 Å². The quantitative estimate of drug-likeness (QED) is 0.908. The summed E-state index contributed by atoms with van der Waals surface area (Å²) in [5.41, 5.74) is 1.50. The van der Waals surface area contributed by atoms with Crippen molar-refractivity contribution in [3.8, 4) is 0 Å². The number of carbonyl (C=O) groups is 2. The van der Waals surface area contributed by atoms with E-state index in [2.05, 4.69) is 15.3 Å². The third-order valence-corrected chi connectivity index (χ3v) is 4.74. The van der Waals surface area contributed by atoms with E-state index in [1.165, 1.54) is 6.20 Å². The summed E-state index contributed by atoms with van der Waals surface area (Å²) < 4.78 is 0. The molecule has 0 aromatic carbocycles. The number of carboxylic acid groups (broad SMARTS) is 1. The van der Waals surface area contributed by atoms with Crippen molar-refractivity contribution in [3.05, 3.63) is 53.0 Å². The number of hydrogen-bond donors (Lipinski definition) is 2. The zero-order chi connectivity index (χ0) is 16.8. The van der Waals surface area contributed by atoms with Crippen molar-refractivity contribution in [2.75, 3.05) is 5.32 Å². The smallest absolute Gasteiger partial charge is 0.354 e. The highest BCUT2D eigenvalue weighted by Crippen LogP contribution is 2.45. The molecule has 0 radical (unpaired) electrons. The molecule has 0 aliphatic carbocycles. The molecule has 3 heterocycles. The van der Waals surface area contributed by atoms with Crippen molar-refractivity contribution >= 4 is 17.7 Å². The standard InChI is InChI=1S/C17H17N3O3/c1-9-7-11(8-19-13(9)15(21)22)10(2)17(3)12-5-4-6-18-14(12)20-16(17)23/h4-8,10H,1-3H3,(H,21,22)(H,18,20,23)/t10-,17-/m1/s1. The van der Waals surface area contributed by atoms with Gasteiger partial charge in [0.15, 0.2) is 5.69 Å². The molecular weight excluding hydrogens is 294 g/mol. The molecule has 0 spiro atoms. The van der Waals surface area contributed by atoms with Crippen LogP contribution in [0.2, 0.25) is 0 Å². The Kier molecular flexibility index (Phi) is 3.39. The number of pyridine rings is 2. The molecule has 2 atom stereocenters. The average Bonchev–Trinajstić information content (AvgIpc) is 2.78. The minimum atomic E-state index is -1.05. The zero-order valence-electron chi connectivity index (χ0n) is 13.1. The Morgan fingerprint density at radius 3 is 2.78 bits per heavy atom. The topological polar surface area (TPSA) is 92.2 Å². The number of carboxylic acids is 1. The number of rotatable bonds is 3. The summed E-state index contributed by atoms with van der Waals surface area (Å²) in [6.07, 6.45) is 3.18. The van der Waals surface area contributed by atoms with Gasteiger partial charge in [0.2, 0.25) is 5.91 Å². The Bertz CT molecular complexity index is 818. The summed E-state index contributed by atoms with van der Waals surface area (Å²) in [5.74, 6) is -0.764. The van der Waals surface area contributed by atoms with Crippen LogP contribution in [0.4, 0.5) is 5.82 Å². The van der Waals surface area contributed by atoms with Gasteiger partial charge in [-0.15, -0.1) is 0 Å². The van der Waals surface area contributed by atoms with Crippen LogP contribution >= 0.6 is 0 Å². The van der Waals surface area contributed by atoms with Gasteiger partial charge in [-0.1, -0.05) is 19.1 Å². The van der Waals surface area contributed by atoms with Crippen molar-refractivity contribution in [1.82, 2.24) is 9.97 Å². The van der Waals surface area contributed by atoms with Gasteiger partial charge in [-0.3, -0.25) is 4.79 Å². The lowest BCUT2D eigenvalue weighted by molar-refractivity contribution is -0.120. The molecule has 0 saturated carbocycles. The molecule has 2 N–H and O–H groups in total. The third-order valence-electron chi connectivity index (χ3n) is 4.74. The van der Waals surface area contributed by atoms with Gasteiger partial charge in [0, 0.05) is 23.9 Å². The molecule has 3 rings (SSSR count). The van der Waals surface area contributed by atoms with Crippen LogP contribution in [0, 0.1) is 6.92 Å². The second-order valence-electron chi connectivity index (χ2n) is 6.02. The van der Waals surface area contributed by atoms with Gasteiger partial charge >= 0.3 is 5.97 Å². The number of anilines is 1. The normalized spacial score (nSPS) is 20.7. The van der Waals surface area contributed by atoms with E-state index in [4.69, 9.17) is 5.11 Å². The van der Waals surface area contributed by atoms with Crippen LogP contribution in [0.1, 0.15) is 46.9 Å². The molecule has 2 aromatic heterocycles. The van der Waals surface area contributed by atoms with Crippen molar-refractivity contribution in [1.29, 1.82) is 0 Å². The molecular formula is C17H17N3O3. The number of hydrogen-bond acceptors (Lipinski definition) is 4. The molecule has 6 nitrogen and oxygen atoms in total. The number of aromatic carboxylic acids is 1. The van der Waals surface area contributed by atoms with Gasteiger partial charge < -0.3 is 10.4 Å². The maximum Gasteiger partial charge on any atom is 0.354 e. The number of amides is 1. The highest BCUT2D eigenvalue weighted by molar-refractivity contribution is 6.05. The van der Waals surface area contributed by atoms with Crippen molar-refractivity contribution in [2.45, 2.75) is 32.1 Å². The van der Waals surface area contributed by atoms with Crippen LogP contribution in [-0.4, -0.2) is 27.0 Å². The van der Waals surface area contributed by atoms with E-state index in [1.54, 1.807) is 25.3 Å². The maximum atomic E-state index is 12.6. The maximum absolute atomic E-state index is 12.6. The second kappa shape index (κ2) is 5.15. The van der Waals surface area contributed by atoms with Gasteiger partial charge in [-0.2, -0.15) is 0 Å². The molecule has 0 fully saturated rings. The molecule has 0 unspecified atom stereocenters. The van der Waals surface area contributed by atoms with Crippen molar-refractivity contribution in [3.63, 3.8) is 0 Å². The van der Waals surface area contributed by atoms with E-state index >= 15 is 0 Å². The van der Waals surface area contributed by atoms with Gasteiger partial charge in [-0.25, -0.2) is 14.8 Å². The minimum Gasteiger partial charge on any atom is -0.477 e. The largest absolute Gasteiger partial charge is 0.477 e. The summed E-state index contributed by atoms with van der Waals surface area (Å²) >= 11 is 0. The third kappa shape index (κ3) is 2.18. The zero-order valence-corrected chi connectivity index (χ0v) is 13.1. The SMILES string of the molecule is Cc1cc([C@@H](C)[C@@]2(C)C(=O)Nc3ncccc32)cnc1C(=O)O. The lowest BCUT2D eigenvalue weighted by Gasteiger charge is -2.30. The first-order chi connectivity index (χ1) is 10.9. The fourth-order valence-corrected chi connectivity index (χ4v) is 3.10. The predicted molar refractivity (Wildman–Crippen MR) is 84.6 cm³/mol. The summed E-state index contributed by atoms with van der Waals surface area (Å²) in [6, 6.07) is 5.48. The first-order valence-corrected chi connectivity index (χ1v) is 7.32. The summed E-state index contributed by atoms with van der Waals surface area (Å²) in [4.78, 5) is 31.9. The summed E-state index contributed by atoms with van der Waals surface area (Å²) in [7, 11) is 0. The molecule has 0 bridgehead atoms. The Hall–Kier alpha value is -2.76. The highest BCUT2D eigenvalue weighted by Gasteiger charge is 2.48. The summed E-state index contributed by atoms with van der Waals surface area (Å²) in [5, 5.41) is 11.9. The second-order valence-corrected chi connectivity index (χ2v) is 6.02. The van der Waals surface area contributed by atoms with E-state index in [0.29, 0.717) is 11.4 Å². The molecule has 1 aliphatic rings. The fourth-order valence-electron chi connectivity index (χ4n) is 3.10. The van der Waals surface area contributed by atoms with Crippen LogP contribution < -0.4 is 5.32 Å². The molecule has 1 aliphatic heterocycles. The number of aromatic nitrogens is 2. The number of fused-ring (bicyclic) bond motifs is 1. The van der Waals surface area contributed by atoms with Crippen molar-refractivity contribution < 1.29 is 14.7 Å². The Morgan fingerprint density at radius 1 is 1.39 bits per heavy atom. The first-order valence-electron chi connectivity index (χ1n) is 7.32. The molecule has 0 saturated heterocycles. The van der Waals surface area contributed by atoms with E-state index < -0.39 is 11.4 Å². The van der Waals surface area contributed by atoms with Gasteiger partial charge in [0.1, 0.15) is 5.82 Å². The molecule has 6 heteroatoms. The highest BCUT2D eigenvalue weighted by atomic mass is 16.4. The van der Waals surface area contributed by atoms with Crippen LogP contribution in [0.25, 0.3) is 0 Å². The van der Waals surface area contributed by atoms with Crippen LogP contribution in [0.3, 0.4) is 0 Å². The number of aryl methyl sites for hydroxylation is 1. The molecule has 23 heavy (non-hydrogen) atoms. The van der Waals surface area contributed by atoms with Crippen LogP contribution in [0.5, 0.6) is 0 Å². The van der Waals surface area contributed by atoms with Gasteiger partial charge in [0.25, 0.3) is 0 Å². The van der Waals surface area contributed by atoms with Crippen LogP contribution in [0.15, 0.2) is 30.6 Å². The minimum absolute atomic E-state index is 0.0315. The number of carbonyl (C=O) groups excluding carboxylic acids is 1. The lowest BCUT2D eigenvalue weighted by Crippen LogP contribution is -2.36. The van der Waals surface area contributed by atoms with E-state index in [0.717, 1.165) is 11.1 Å². The monoisotopic (exact) mass is 311 g/mol. The molecule has 2 aromatic rings. The van der Waals surface area contributed by atoms with Gasteiger partial charge in [-0.05, 0) is 31.0 Å². The Balaban J connectivity index is 2.06. The molecule has 1 amide bonds. The predicted octanol–water partition coefficient (Wildman–Crippen LogP) is 2.50. The van der Waals surface area contributed by atoms with E-state index in [9.17, 15) is 9.59 Å². The first kappa shape index (κ1) is 15.1. The van der Waals surface area contributed by atoms with Crippen LogP contribution in [-0.2, 0) is 10.2 Å². The summed E-state index contributed by atoms with van der Waals surface area (Å²) in [6.45, 7) is 5.53. The Morgan fingerprint density at radius 2 is 2.13 bits per heavy atom. The van der Waals surface area contributed by atoms with Gasteiger partial charge in [0.05, 0.1) is 5.41 Å². The fraction of sp³-hybridized carbons (Fsp3) is 0.294. The Labute approximate surface area is 133 Å². The number of nitrogens with one attached hydrogen (secondary N) is 1. The average molecular weight is 311 g/mol. The molecule has 118 valence electrons. The van der Waals surface area contributed by atoms with E-state index in [-0.39, 0.29) is 17.5 Å². The van der Waals surface area contributed by atoms with E-state index in [1.807, 2.05) is 19.9 Å².